The first-order valence-electron chi connectivity index (χ1n) is 7.23. The number of nitrogens with zero attached hydrogens (tertiary/aromatic N) is 1. The van der Waals surface area contributed by atoms with Gasteiger partial charge in [-0.2, -0.15) is 0 Å². The van der Waals surface area contributed by atoms with Crippen molar-refractivity contribution >= 4 is 5.69 Å². The molecule has 0 aromatic heterocycles. The lowest BCUT2D eigenvalue weighted by atomic mass is 10.0. The minimum Gasteiger partial charge on any atom is -0.484 e. The van der Waals surface area contributed by atoms with Crippen molar-refractivity contribution in [2.45, 2.75) is 26.0 Å². The molecule has 0 aliphatic rings. The van der Waals surface area contributed by atoms with Gasteiger partial charge >= 0.3 is 0 Å². The molecule has 0 saturated carbocycles. The molecule has 0 fully saturated rings. The van der Waals surface area contributed by atoms with Gasteiger partial charge in [-0.1, -0.05) is 35.9 Å². The van der Waals surface area contributed by atoms with Crippen LogP contribution in [-0.4, -0.2) is 20.1 Å². The number of ether oxygens (including phenoxy) is 1. The average molecular weight is 284 g/mol. The molecule has 3 heteroatoms. The van der Waals surface area contributed by atoms with E-state index in [2.05, 4.69) is 42.2 Å². The van der Waals surface area contributed by atoms with Crippen molar-refractivity contribution in [3.8, 4) is 5.75 Å². The summed E-state index contributed by atoms with van der Waals surface area (Å²) in [6, 6.07) is 16.3. The topological polar surface area (TPSA) is 38.5 Å². The van der Waals surface area contributed by atoms with E-state index >= 15 is 0 Å². The van der Waals surface area contributed by atoms with Gasteiger partial charge in [0.1, 0.15) is 11.9 Å². The molecular formula is C18H24N2O. The maximum atomic E-state index is 6.14. The Morgan fingerprint density at radius 2 is 1.71 bits per heavy atom. The Morgan fingerprint density at radius 3 is 2.29 bits per heavy atom. The fourth-order valence-electron chi connectivity index (χ4n) is 2.22. The smallest absolute Gasteiger partial charge is 0.138 e. The molecule has 0 spiro atoms. The molecule has 2 aromatic rings. The van der Waals surface area contributed by atoms with Gasteiger partial charge in [0.25, 0.3) is 0 Å². The summed E-state index contributed by atoms with van der Waals surface area (Å²) < 4.78 is 6.14. The highest BCUT2D eigenvalue weighted by atomic mass is 16.5. The summed E-state index contributed by atoms with van der Waals surface area (Å²) in [5.41, 5.74) is 9.56. The summed E-state index contributed by atoms with van der Waals surface area (Å²) in [7, 11) is 4.03. The van der Waals surface area contributed by atoms with E-state index in [0.29, 0.717) is 0 Å². The Morgan fingerprint density at radius 1 is 1.05 bits per heavy atom. The molecule has 0 aliphatic carbocycles. The molecule has 2 unspecified atom stereocenters. The van der Waals surface area contributed by atoms with Crippen molar-refractivity contribution in [3.05, 3.63) is 59.7 Å². The van der Waals surface area contributed by atoms with Crippen LogP contribution in [-0.2, 0) is 0 Å². The van der Waals surface area contributed by atoms with E-state index in [1.807, 2.05) is 39.2 Å². The molecule has 2 atom stereocenters. The summed E-state index contributed by atoms with van der Waals surface area (Å²) in [4.78, 5) is 2.06. The molecule has 0 bridgehead atoms. The van der Waals surface area contributed by atoms with Gasteiger partial charge in [0, 0.05) is 31.9 Å². The first kappa shape index (κ1) is 15.4. The molecule has 112 valence electrons. The van der Waals surface area contributed by atoms with E-state index in [-0.39, 0.29) is 12.1 Å². The van der Waals surface area contributed by atoms with Gasteiger partial charge in [-0.05, 0) is 31.5 Å². The van der Waals surface area contributed by atoms with Crippen molar-refractivity contribution in [2.75, 3.05) is 19.0 Å². The predicted molar refractivity (Wildman–Crippen MR) is 89.0 cm³/mol. The van der Waals surface area contributed by atoms with Crippen LogP contribution in [0.5, 0.6) is 5.75 Å². The van der Waals surface area contributed by atoms with Crippen LogP contribution in [0.4, 0.5) is 5.69 Å². The number of rotatable bonds is 5. The van der Waals surface area contributed by atoms with E-state index < -0.39 is 0 Å². The quantitative estimate of drug-likeness (QED) is 0.913. The van der Waals surface area contributed by atoms with Crippen molar-refractivity contribution < 1.29 is 4.74 Å². The molecule has 2 rings (SSSR count). The summed E-state index contributed by atoms with van der Waals surface area (Å²) in [6.07, 6.45) is -0.150. The number of benzene rings is 2. The Labute approximate surface area is 127 Å². The van der Waals surface area contributed by atoms with E-state index in [9.17, 15) is 0 Å². The van der Waals surface area contributed by atoms with Gasteiger partial charge in [0.2, 0.25) is 0 Å². The van der Waals surface area contributed by atoms with Gasteiger partial charge in [-0.3, -0.25) is 0 Å². The molecule has 2 N–H and O–H groups in total. The van der Waals surface area contributed by atoms with Crippen LogP contribution in [0.25, 0.3) is 0 Å². The van der Waals surface area contributed by atoms with E-state index in [4.69, 9.17) is 10.5 Å². The van der Waals surface area contributed by atoms with Crippen LogP contribution in [0.3, 0.4) is 0 Å². The number of anilines is 1. The van der Waals surface area contributed by atoms with Crippen LogP contribution in [0.1, 0.15) is 24.2 Å². The Kier molecular flexibility index (Phi) is 4.86. The Hall–Kier alpha value is -2.00. The zero-order valence-corrected chi connectivity index (χ0v) is 13.2. The molecule has 0 heterocycles. The van der Waals surface area contributed by atoms with Gasteiger partial charge in [-0.15, -0.1) is 0 Å². The van der Waals surface area contributed by atoms with Gasteiger partial charge in [0.15, 0.2) is 0 Å². The third-order valence-electron chi connectivity index (χ3n) is 3.48. The normalized spacial score (nSPS) is 13.6. The number of aryl methyl sites for hydroxylation is 1. The molecule has 2 aromatic carbocycles. The second kappa shape index (κ2) is 6.64. The first-order valence-corrected chi connectivity index (χ1v) is 7.23. The highest BCUT2D eigenvalue weighted by Crippen LogP contribution is 2.27. The average Bonchev–Trinajstić information content (AvgIpc) is 2.46. The third-order valence-corrected chi connectivity index (χ3v) is 3.48. The standard InChI is InChI=1S/C18H24N2O/c1-13-8-10-15(11-9-13)18(14(2)19)21-17-7-5-6-16(12-17)20(3)4/h5-12,14,18H,19H2,1-4H3. The monoisotopic (exact) mass is 284 g/mol. The largest absolute Gasteiger partial charge is 0.484 e. The minimum absolute atomic E-state index is 0.0873. The number of hydrogen-bond acceptors (Lipinski definition) is 3. The Bertz CT molecular complexity index is 576. The molecule has 0 saturated heterocycles. The first-order chi connectivity index (χ1) is 9.97. The fourth-order valence-corrected chi connectivity index (χ4v) is 2.22. The molecule has 0 aliphatic heterocycles. The van der Waals surface area contributed by atoms with Crippen LogP contribution in [0.15, 0.2) is 48.5 Å². The van der Waals surface area contributed by atoms with Crippen LogP contribution in [0, 0.1) is 6.92 Å². The molecule has 21 heavy (non-hydrogen) atoms. The van der Waals surface area contributed by atoms with Gasteiger partial charge in [-0.25, -0.2) is 0 Å². The minimum atomic E-state index is -0.150. The number of nitrogens with two attached hydrogens (primary N) is 1. The second-order valence-electron chi connectivity index (χ2n) is 5.70. The zero-order valence-electron chi connectivity index (χ0n) is 13.2. The highest BCUT2D eigenvalue weighted by molar-refractivity contribution is 5.49. The molecular weight excluding hydrogens is 260 g/mol. The summed E-state index contributed by atoms with van der Waals surface area (Å²) >= 11 is 0. The summed E-state index contributed by atoms with van der Waals surface area (Å²) in [5, 5.41) is 0. The fraction of sp³-hybridized carbons (Fsp3) is 0.333. The maximum absolute atomic E-state index is 6.14. The predicted octanol–water partition coefficient (Wildman–Crippen LogP) is 3.53. The second-order valence-corrected chi connectivity index (χ2v) is 5.70. The van der Waals surface area contributed by atoms with E-state index in [1.165, 1.54) is 5.56 Å². The van der Waals surface area contributed by atoms with Crippen molar-refractivity contribution in [1.82, 2.24) is 0 Å². The Balaban J connectivity index is 2.24. The summed E-state index contributed by atoms with van der Waals surface area (Å²) in [6.45, 7) is 4.05. The van der Waals surface area contributed by atoms with Crippen LogP contribution >= 0.6 is 0 Å². The maximum Gasteiger partial charge on any atom is 0.138 e. The SMILES string of the molecule is Cc1ccc(C(Oc2cccc(N(C)C)c2)C(C)N)cc1. The lowest BCUT2D eigenvalue weighted by Gasteiger charge is -2.24. The zero-order chi connectivity index (χ0) is 15.4. The van der Waals surface area contributed by atoms with Crippen molar-refractivity contribution in [2.24, 2.45) is 5.73 Å². The van der Waals surface area contributed by atoms with Crippen molar-refractivity contribution in [3.63, 3.8) is 0 Å². The van der Waals surface area contributed by atoms with E-state index in [0.717, 1.165) is 17.0 Å². The molecule has 0 amide bonds. The van der Waals surface area contributed by atoms with Gasteiger partial charge < -0.3 is 15.4 Å². The molecule has 0 radical (unpaired) electrons. The third kappa shape index (κ3) is 3.99. The lowest BCUT2D eigenvalue weighted by molar-refractivity contribution is 0.180. The highest BCUT2D eigenvalue weighted by Gasteiger charge is 2.18. The number of hydrogen-bond donors (Lipinski definition) is 1. The van der Waals surface area contributed by atoms with Crippen LogP contribution in [0.2, 0.25) is 0 Å². The van der Waals surface area contributed by atoms with Crippen molar-refractivity contribution in [1.29, 1.82) is 0 Å². The summed E-state index contributed by atoms with van der Waals surface area (Å²) in [5.74, 6) is 0.837. The van der Waals surface area contributed by atoms with Crippen LogP contribution < -0.4 is 15.4 Å². The van der Waals surface area contributed by atoms with E-state index in [1.54, 1.807) is 0 Å². The lowest BCUT2D eigenvalue weighted by Crippen LogP contribution is -2.29. The molecule has 3 nitrogen and oxygen atoms in total. The van der Waals surface area contributed by atoms with Gasteiger partial charge in [0.05, 0.1) is 0 Å².